The Labute approximate surface area is 379 Å². The molecule has 3 fully saturated rings. The Hall–Kier alpha value is -5.72. The van der Waals surface area contributed by atoms with Gasteiger partial charge in [0.25, 0.3) is 0 Å². The Bertz CT molecular complexity index is 1720. The smallest absolute Gasteiger partial charge is 0.315 e. The van der Waals surface area contributed by atoms with Gasteiger partial charge in [-0.1, -0.05) is 25.7 Å². The lowest BCUT2D eigenvalue weighted by molar-refractivity contribution is -0.140. The number of carbonyl (C=O) groups excluding carboxylic acids is 9. The van der Waals surface area contributed by atoms with Crippen LogP contribution in [-0.4, -0.2) is 141 Å². The van der Waals surface area contributed by atoms with Gasteiger partial charge in [-0.3, -0.25) is 53.2 Å². The fourth-order valence-electron chi connectivity index (χ4n) is 8.01. The van der Waals surface area contributed by atoms with Crippen LogP contribution in [0.25, 0.3) is 0 Å². The fourth-order valence-corrected chi connectivity index (χ4v) is 9.55. The molecule has 65 heavy (non-hydrogen) atoms. The van der Waals surface area contributed by atoms with Crippen LogP contribution in [-0.2, 0) is 47.9 Å². The Morgan fingerprint density at radius 2 is 1.31 bits per heavy atom. The molecule has 0 bridgehead atoms. The van der Waals surface area contributed by atoms with E-state index < -0.39 is 123 Å². The number of carbonyl (C=O) groups is 11. The van der Waals surface area contributed by atoms with E-state index in [1.54, 1.807) is 0 Å². The minimum atomic E-state index is -1.57. The number of unbranched alkanes of at least 4 members (excludes halogenated alkanes) is 2. The summed E-state index contributed by atoms with van der Waals surface area (Å²) in [7, 11) is 0. The van der Waals surface area contributed by atoms with Crippen molar-refractivity contribution in [2.75, 3.05) is 25.4 Å². The van der Waals surface area contributed by atoms with E-state index in [0.29, 0.717) is 50.3 Å². The van der Waals surface area contributed by atoms with E-state index >= 15 is 0 Å². The highest BCUT2D eigenvalue weighted by Crippen LogP contribution is 2.34. The largest absolute Gasteiger partial charge is 0.481 e. The molecule has 2 saturated heterocycles. The molecule has 25 heteroatoms. The molecule has 3 rings (SSSR count). The molecule has 0 spiro atoms. The van der Waals surface area contributed by atoms with E-state index in [4.69, 9.17) is 10.9 Å². The Balaban J connectivity index is 1.41. The second-order valence-corrected chi connectivity index (χ2v) is 17.7. The molecule has 14 N–H and O–H groups in total. The van der Waals surface area contributed by atoms with Crippen LogP contribution >= 0.6 is 11.8 Å². The normalized spacial score (nSPS) is 19.6. The van der Waals surface area contributed by atoms with Gasteiger partial charge < -0.3 is 58.5 Å². The molecular formula is C40H64N10O14S. The molecule has 24 nitrogen and oxygen atoms in total. The Kier molecular flexibility index (Phi) is 23.3. The first-order valence-corrected chi connectivity index (χ1v) is 23.1. The predicted octanol–water partition coefficient (Wildman–Crippen LogP) is -2.01. The number of thioether (sulfide) groups is 1. The topological polar surface area (TPSA) is 383 Å². The van der Waals surface area contributed by atoms with Gasteiger partial charge in [0.2, 0.25) is 47.3 Å². The molecule has 1 unspecified atom stereocenters. The van der Waals surface area contributed by atoms with E-state index in [9.17, 15) is 63.0 Å². The van der Waals surface area contributed by atoms with E-state index in [1.165, 1.54) is 5.48 Å². The van der Waals surface area contributed by atoms with Gasteiger partial charge in [-0.15, -0.1) is 0 Å². The van der Waals surface area contributed by atoms with Crippen molar-refractivity contribution in [1.29, 1.82) is 0 Å². The zero-order valence-electron chi connectivity index (χ0n) is 36.3. The summed E-state index contributed by atoms with van der Waals surface area (Å²) in [5.74, 6) is -9.22. The van der Waals surface area contributed by atoms with Gasteiger partial charge in [0, 0.05) is 49.1 Å². The number of hydroxylamine groups is 1. The van der Waals surface area contributed by atoms with Crippen molar-refractivity contribution in [2.24, 2.45) is 17.6 Å². The summed E-state index contributed by atoms with van der Waals surface area (Å²) in [6.07, 6.45) is 5.03. The molecule has 2 aliphatic heterocycles. The van der Waals surface area contributed by atoms with E-state index in [2.05, 4.69) is 42.5 Å². The van der Waals surface area contributed by atoms with Crippen LogP contribution in [0.15, 0.2) is 0 Å². The number of fused-ring (bicyclic) bond motifs is 1. The van der Waals surface area contributed by atoms with Gasteiger partial charge in [0.15, 0.2) is 0 Å². The van der Waals surface area contributed by atoms with Gasteiger partial charge in [-0.05, 0) is 63.7 Å². The third-order valence-corrected chi connectivity index (χ3v) is 13.0. The summed E-state index contributed by atoms with van der Waals surface area (Å²) >= 11 is 1.82. The quantitative estimate of drug-likeness (QED) is 0.0160. The average Bonchev–Trinajstić information content (AvgIpc) is 3.83. The van der Waals surface area contributed by atoms with Crippen molar-refractivity contribution >= 4 is 77.0 Å². The number of carboxylic acid groups (broad SMARTS) is 2. The zero-order chi connectivity index (χ0) is 47.9. The van der Waals surface area contributed by atoms with Crippen molar-refractivity contribution in [3.05, 3.63) is 0 Å². The maximum Gasteiger partial charge on any atom is 0.315 e. The second kappa shape index (κ2) is 28.2. The lowest BCUT2D eigenvalue weighted by Crippen LogP contribution is -2.56. The first-order chi connectivity index (χ1) is 31.0. The molecule has 0 aromatic heterocycles. The summed E-state index contributed by atoms with van der Waals surface area (Å²) in [6.45, 7) is -1.01. The minimum absolute atomic E-state index is 0.111. The number of hydrogen-bond acceptors (Lipinski definition) is 13. The van der Waals surface area contributed by atoms with Crippen LogP contribution in [0, 0.1) is 11.8 Å². The highest BCUT2D eigenvalue weighted by atomic mass is 32.2. The van der Waals surface area contributed by atoms with Crippen molar-refractivity contribution in [1.82, 2.24) is 48.0 Å². The summed E-state index contributed by atoms with van der Waals surface area (Å²) in [5.41, 5.74) is 6.95. The molecule has 1 aliphatic carbocycles. The monoisotopic (exact) mass is 940 g/mol. The average molecular weight is 941 g/mol. The van der Waals surface area contributed by atoms with Gasteiger partial charge in [0.05, 0.1) is 25.2 Å². The first kappa shape index (κ1) is 53.6. The maximum absolute atomic E-state index is 13.5. The lowest BCUT2D eigenvalue weighted by Gasteiger charge is -2.30. The number of primary amides is 1. The number of urea groups is 1. The Morgan fingerprint density at radius 1 is 0.662 bits per heavy atom. The Morgan fingerprint density at radius 3 is 1.95 bits per heavy atom. The molecular weight excluding hydrogens is 877 g/mol. The number of rotatable bonds is 30. The van der Waals surface area contributed by atoms with Crippen LogP contribution in [0.3, 0.4) is 0 Å². The molecule has 2 heterocycles. The van der Waals surface area contributed by atoms with Crippen molar-refractivity contribution in [3.8, 4) is 0 Å². The minimum Gasteiger partial charge on any atom is -0.481 e. The number of nitrogens with one attached hydrogen (secondary N) is 9. The molecule has 7 atom stereocenters. The fraction of sp³-hybridized carbons (Fsp3) is 0.725. The van der Waals surface area contributed by atoms with E-state index in [1.807, 2.05) is 11.8 Å². The number of carboxylic acids is 2. The number of nitrogens with two attached hydrogens (primary N) is 1. The summed E-state index contributed by atoms with van der Waals surface area (Å²) < 4.78 is 0. The van der Waals surface area contributed by atoms with Gasteiger partial charge >= 0.3 is 18.0 Å². The van der Waals surface area contributed by atoms with E-state index in [0.717, 1.165) is 37.9 Å². The molecule has 10 amide bonds. The van der Waals surface area contributed by atoms with Gasteiger partial charge in [0.1, 0.15) is 18.1 Å². The molecule has 1 saturated carbocycles. The number of amides is 10. The third kappa shape index (κ3) is 19.9. The first-order valence-electron chi connectivity index (χ1n) is 22.0. The molecule has 0 aromatic carbocycles. The van der Waals surface area contributed by atoms with Crippen LogP contribution in [0.1, 0.15) is 109 Å². The molecule has 364 valence electrons. The molecule has 0 aromatic rings. The van der Waals surface area contributed by atoms with E-state index in [-0.39, 0.29) is 36.4 Å². The van der Waals surface area contributed by atoms with Gasteiger partial charge in [-0.2, -0.15) is 11.8 Å². The van der Waals surface area contributed by atoms with Crippen molar-refractivity contribution in [3.63, 3.8) is 0 Å². The summed E-state index contributed by atoms with van der Waals surface area (Å²) in [4.78, 5) is 136. The maximum atomic E-state index is 13.5. The lowest BCUT2D eigenvalue weighted by atomic mass is 9.78. The van der Waals surface area contributed by atoms with Crippen LogP contribution in [0.4, 0.5) is 4.79 Å². The SMILES string of the molecule is NC(=O)[C@H](CCCCNC(=O)CCCC[C@@H]1SC[C@@H]2NC(=O)N[C@@H]21)NC(=O)CNC(=O)CNC(=O)[C@H](CCC(=O)O)NC(=O)[C@H](CCC(=O)O)NC(=O)C(CC(=O)NO)C1CCCCC1. The summed E-state index contributed by atoms with van der Waals surface area (Å²) in [5, 5.41) is 48.4. The highest BCUT2D eigenvalue weighted by molar-refractivity contribution is 8.00. The van der Waals surface area contributed by atoms with Crippen LogP contribution in [0.5, 0.6) is 0 Å². The van der Waals surface area contributed by atoms with Crippen LogP contribution < -0.4 is 53.7 Å². The van der Waals surface area contributed by atoms with Crippen LogP contribution in [0.2, 0.25) is 0 Å². The molecule has 0 radical (unpaired) electrons. The summed E-state index contributed by atoms with van der Waals surface area (Å²) in [6, 6.07) is -4.06. The second-order valence-electron chi connectivity index (χ2n) is 16.5. The van der Waals surface area contributed by atoms with Crippen molar-refractivity contribution < 1.29 is 68.2 Å². The standard InChI is InChI=1S/C40H64N10O14S/c41-36(59)24(10-6-7-17-42-29(51)12-5-4-11-28-35-27(21-65-28)48-40(63)49-35)45-32(54)20-43-31(53)19-44-38(61)25(13-15-33(55)56)47-39(62)26(14-16-34(57)58)46-37(60)23(18-30(52)50-64)22-8-2-1-3-9-22/h22-28,35,64H,1-21H2,(H2,41,59)(H,42,51)(H,43,53)(H,44,61)(H,45,54)(H,46,60)(H,47,62)(H,50,52)(H,55,56)(H,57,58)(H2,48,49,63)/t23?,24-,25-,26-,27-,28-,35-/m0/s1. The van der Waals surface area contributed by atoms with Gasteiger partial charge in [-0.25, -0.2) is 10.3 Å². The zero-order valence-corrected chi connectivity index (χ0v) is 37.1. The number of hydrogen-bond donors (Lipinski definition) is 13. The van der Waals surface area contributed by atoms with Crippen molar-refractivity contribution in [2.45, 2.75) is 145 Å². The molecule has 3 aliphatic rings. The highest BCUT2D eigenvalue weighted by Gasteiger charge is 2.42. The number of aliphatic carboxylic acids is 2. The predicted molar refractivity (Wildman–Crippen MR) is 230 cm³/mol. The third-order valence-electron chi connectivity index (χ3n) is 11.5.